The molecule has 0 spiro atoms. The van der Waals surface area contributed by atoms with E-state index in [4.69, 9.17) is 10.5 Å². The number of nitrogens with one attached hydrogen (secondary N) is 1. The molecule has 5 nitrogen and oxygen atoms in total. The minimum absolute atomic E-state index is 0.0610. The molecule has 1 aliphatic heterocycles. The van der Waals surface area contributed by atoms with Gasteiger partial charge in [0.2, 0.25) is 0 Å². The molecule has 1 fully saturated rings. The maximum atomic E-state index is 11.9. The Bertz CT molecular complexity index is 470. The lowest BCUT2D eigenvalue weighted by Gasteiger charge is -2.33. The van der Waals surface area contributed by atoms with Crippen LogP contribution in [0.2, 0.25) is 0 Å². The molecule has 110 valence electrons. The van der Waals surface area contributed by atoms with Crippen molar-refractivity contribution in [3.63, 3.8) is 0 Å². The molecule has 2 rings (SSSR count). The van der Waals surface area contributed by atoms with Gasteiger partial charge in [0.05, 0.1) is 11.4 Å². The van der Waals surface area contributed by atoms with Gasteiger partial charge in [-0.15, -0.1) is 0 Å². The van der Waals surface area contributed by atoms with Crippen molar-refractivity contribution in [3.8, 4) is 0 Å². The fourth-order valence-corrected chi connectivity index (χ4v) is 2.52. The van der Waals surface area contributed by atoms with Crippen molar-refractivity contribution in [1.82, 2.24) is 5.32 Å². The summed E-state index contributed by atoms with van der Waals surface area (Å²) in [7, 11) is 2.03. The molecule has 1 heterocycles. The van der Waals surface area contributed by atoms with Crippen LogP contribution in [-0.2, 0) is 4.74 Å². The number of carbonyl (C=O) groups is 1. The quantitative estimate of drug-likeness (QED) is 0.821. The van der Waals surface area contributed by atoms with Crippen LogP contribution >= 0.6 is 0 Å². The topological polar surface area (TPSA) is 67.6 Å². The summed E-state index contributed by atoms with van der Waals surface area (Å²) in [5.41, 5.74) is 8.33. The van der Waals surface area contributed by atoms with Crippen LogP contribution in [0, 0.1) is 0 Å². The second-order valence-electron chi connectivity index (χ2n) is 5.09. The summed E-state index contributed by atoms with van der Waals surface area (Å²) in [5, 5.41) is 2.81. The van der Waals surface area contributed by atoms with Crippen molar-refractivity contribution in [2.75, 3.05) is 37.4 Å². The van der Waals surface area contributed by atoms with Gasteiger partial charge in [-0.3, -0.25) is 4.79 Å². The van der Waals surface area contributed by atoms with Crippen LogP contribution in [-0.4, -0.2) is 38.8 Å². The molecule has 1 saturated heterocycles. The molecule has 0 bridgehead atoms. The van der Waals surface area contributed by atoms with Gasteiger partial charge in [-0.25, -0.2) is 0 Å². The first-order valence-corrected chi connectivity index (χ1v) is 7.11. The van der Waals surface area contributed by atoms with Gasteiger partial charge in [0.1, 0.15) is 0 Å². The second kappa shape index (κ2) is 6.61. The molecule has 1 aromatic carbocycles. The highest BCUT2D eigenvalue weighted by Gasteiger charge is 2.21. The van der Waals surface area contributed by atoms with Gasteiger partial charge in [-0.1, -0.05) is 0 Å². The van der Waals surface area contributed by atoms with Crippen molar-refractivity contribution in [2.24, 2.45) is 0 Å². The van der Waals surface area contributed by atoms with Crippen LogP contribution in [0.5, 0.6) is 0 Å². The predicted octanol–water partition coefficient (Wildman–Crippen LogP) is 1.63. The molecule has 1 aliphatic rings. The van der Waals surface area contributed by atoms with Crippen LogP contribution in [0.1, 0.15) is 30.1 Å². The summed E-state index contributed by atoms with van der Waals surface area (Å²) in [5.74, 6) is -0.0610. The fraction of sp³-hybridized carbons (Fsp3) is 0.533. The summed E-state index contributed by atoms with van der Waals surface area (Å²) in [6.07, 6.45) is 1.97. The van der Waals surface area contributed by atoms with Gasteiger partial charge < -0.3 is 20.7 Å². The minimum atomic E-state index is -0.0610. The highest BCUT2D eigenvalue weighted by Crippen LogP contribution is 2.28. The van der Waals surface area contributed by atoms with E-state index in [1.54, 1.807) is 12.1 Å². The highest BCUT2D eigenvalue weighted by molar-refractivity contribution is 5.96. The first-order chi connectivity index (χ1) is 9.63. The molecule has 0 radical (unpaired) electrons. The third-order valence-corrected chi connectivity index (χ3v) is 3.75. The Kier molecular flexibility index (Phi) is 4.84. The van der Waals surface area contributed by atoms with E-state index in [9.17, 15) is 4.79 Å². The Morgan fingerprint density at radius 1 is 1.45 bits per heavy atom. The summed E-state index contributed by atoms with van der Waals surface area (Å²) < 4.78 is 5.39. The van der Waals surface area contributed by atoms with E-state index in [2.05, 4.69) is 10.2 Å². The van der Waals surface area contributed by atoms with Gasteiger partial charge in [-0.05, 0) is 38.0 Å². The van der Waals surface area contributed by atoms with Crippen molar-refractivity contribution in [2.45, 2.75) is 25.8 Å². The van der Waals surface area contributed by atoms with Gasteiger partial charge >= 0.3 is 0 Å². The molecule has 0 atom stereocenters. The number of amides is 1. The predicted molar refractivity (Wildman–Crippen MR) is 81.1 cm³/mol. The summed E-state index contributed by atoms with van der Waals surface area (Å²) in [6, 6.07) is 5.85. The third-order valence-electron chi connectivity index (χ3n) is 3.75. The number of nitrogen functional groups attached to an aromatic ring is 1. The van der Waals surface area contributed by atoms with E-state index in [0.717, 1.165) is 31.7 Å². The number of ether oxygens (including phenoxy) is 1. The van der Waals surface area contributed by atoms with E-state index < -0.39 is 0 Å². The van der Waals surface area contributed by atoms with Crippen molar-refractivity contribution in [1.29, 1.82) is 0 Å². The smallest absolute Gasteiger partial charge is 0.251 e. The molecular formula is C15H23N3O2. The zero-order chi connectivity index (χ0) is 14.5. The summed E-state index contributed by atoms with van der Waals surface area (Å²) in [6.45, 7) is 4.09. The minimum Gasteiger partial charge on any atom is -0.397 e. The van der Waals surface area contributed by atoms with Crippen molar-refractivity contribution in [3.05, 3.63) is 23.8 Å². The Morgan fingerprint density at radius 2 is 2.15 bits per heavy atom. The first-order valence-electron chi connectivity index (χ1n) is 7.11. The zero-order valence-corrected chi connectivity index (χ0v) is 12.2. The molecule has 3 N–H and O–H groups in total. The molecule has 0 saturated carbocycles. The number of nitrogens with zero attached hydrogens (tertiary/aromatic N) is 1. The number of rotatable bonds is 4. The Labute approximate surface area is 120 Å². The monoisotopic (exact) mass is 277 g/mol. The van der Waals surface area contributed by atoms with Crippen LogP contribution in [0.25, 0.3) is 0 Å². The van der Waals surface area contributed by atoms with Gasteiger partial charge in [0.25, 0.3) is 5.91 Å². The lowest BCUT2D eigenvalue weighted by atomic mass is 10.1. The molecule has 1 amide bonds. The number of carbonyl (C=O) groups excluding carboxylic acids is 1. The SMILES string of the molecule is CCNC(=O)c1ccc(N)c(N(C)C2CCOCC2)c1. The molecule has 0 aromatic heterocycles. The van der Waals surface area contributed by atoms with E-state index in [-0.39, 0.29) is 5.91 Å². The Balaban J connectivity index is 2.20. The lowest BCUT2D eigenvalue weighted by Crippen LogP contribution is -2.37. The van der Waals surface area contributed by atoms with Crippen LogP contribution in [0.4, 0.5) is 11.4 Å². The number of hydrogen-bond donors (Lipinski definition) is 2. The fourth-order valence-electron chi connectivity index (χ4n) is 2.52. The first kappa shape index (κ1) is 14.7. The second-order valence-corrected chi connectivity index (χ2v) is 5.09. The molecule has 0 aliphatic carbocycles. The lowest BCUT2D eigenvalue weighted by molar-refractivity contribution is 0.0854. The van der Waals surface area contributed by atoms with Crippen molar-refractivity contribution >= 4 is 17.3 Å². The van der Waals surface area contributed by atoms with E-state index in [1.807, 2.05) is 20.0 Å². The number of anilines is 2. The highest BCUT2D eigenvalue weighted by atomic mass is 16.5. The third kappa shape index (κ3) is 3.22. The maximum Gasteiger partial charge on any atom is 0.251 e. The van der Waals surface area contributed by atoms with E-state index in [1.165, 1.54) is 0 Å². The van der Waals surface area contributed by atoms with Gasteiger partial charge in [0, 0.05) is 38.4 Å². The van der Waals surface area contributed by atoms with Gasteiger partial charge in [0.15, 0.2) is 0 Å². The van der Waals surface area contributed by atoms with Crippen molar-refractivity contribution < 1.29 is 9.53 Å². The largest absolute Gasteiger partial charge is 0.397 e. The number of nitrogens with two attached hydrogens (primary N) is 1. The number of benzene rings is 1. The maximum absolute atomic E-state index is 11.9. The van der Waals surface area contributed by atoms with E-state index in [0.29, 0.717) is 23.8 Å². The standard InChI is InChI=1S/C15H23N3O2/c1-3-17-15(19)11-4-5-13(16)14(10-11)18(2)12-6-8-20-9-7-12/h4-5,10,12H,3,6-9,16H2,1-2H3,(H,17,19). The average Bonchev–Trinajstić information content (AvgIpc) is 2.48. The molecular weight excluding hydrogens is 254 g/mol. The molecule has 20 heavy (non-hydrogen) atoms. The van der Waals surface area contributed by atoms with Gasteiger partial charge in [-0.2, -0.15) is 0 Å². The van der Waals surface area contributed by atoms with Crippen LogP contribution < -0.4 is 16.0 Å². The normalized spacial score (nSPS) is 15.9. The zero-order valence-electron chi connectivity index (χ0n) is 12.2. The molecule has 1 aromatic rings. The summed E-state index contributed by atoms with van der Waals surface area (Å²) in [4.78, 5) is 14.1. The summed E-state index contributed by atoms with van der Waals surface area (Å²) >= 11 is 0. The average molecular weight is 277 g/mol. The van der Waals surface area contributed by atoms with Crippen LogP contribution in [0.3, 0.4) is 0 Å². The molecule has 0 unspecified atom stereocenters. The molecule has 5 heteroatoms. The van der Waals surface area contributed by atoms with Crippen LogP contribution in [0.15, 0.2) is 18.2 Å². The Hall–Kier alpha value is -1.75. The van der Waals surface area contributed by atoms with E-state index >= 15 is 0 Å². The Morgan fingerprint density at radius 3 is 2.80 bits per heavy atom. The number of hydrogen-bond acceptors (Lipinski definition) is 4.